The van der Waals surface area contributed by atoms with Crippen molar-refractivity contribution in [3.05, 3.63) is 71.0 Å². The van der Waals surface area contributed by atoms with E-state index in [-0.39, 0.29) is 24.1 Å². The molecule has 2 aromatic rings. The van der Waals surface area contributed by atoms with E-state index in [1.54, 1.807) is 24.0 Å². The summed E-state index contributed by atoms with van der Waals surface area (Å²) in [6.07, 6.45) is 0.119. The van der Waals surface area contributed by atoms with Crippen molar-refractivity contribution in [2.75, 3.05) is 6.54 Å². The number of aryl methyl sites for hydroxylation is 1. The standard InChI is InChI=1S/C23H29FN2O2/c1-16(2)14-25-23(28)18(4)26(15-20-8-6-5-7-17(20)3)22(27)13-19-9-11-21(24)12-10-19/h5-12,16,18H,13-15H2,1-4H3,(H,25,28)/t18-/m1/s1. The molecule has 0 radical (unpaired) electrons. The molecular formula is C23H29FN2O2. The van der Waals surface area contributed by atoms with Crippen LogP contribution in [-0.4, -0.2) is 29.3 Å². The van der Waals surface area contributed by atoms with Crippen molar-refractivity contribution in [2.24, 2.45) is 5.92 Å². The summed E-state index contributed by atoms with van der Waals surface area (Å²) in [4.78, 5) is 27.3. The van der Waals surface area contributed by atoms with Crippen LogP contribution >= 0.6 is 0 Å². The van der Waals surface area contributed by atoms with Gasteiger partial charge in [-0.3, -0.25) is 9.59 Å². The summed E-state index contributed by atoms with van der Waals surface area (Å²) in [6.45, 7) is 8.69. The lowest BCUT2D eigenvalue weighted by atomic mass is 10.1. The fourth-order valence-corrected chi connectivity index (χ4v) is 2.88. The van der Waals surface area contributed by atoms with Crippen molar-refractivity contribution in [3.63, 3.8) is 0 Å². The second kappa shape index (κ2) is 10.0. The first-order chi connectivity index (χ1) is 13.3. The Morgan fingerprint density at radius 3 is 2.29 bits per heavy atom. The van der Waals surface area contributed by atoms with Crippen molar-refractivity contribution >= 4 is 11.8 Å². The van der Waals surface area contributed by atoms with E-state index in [0.717, 1.165) is 16.7 Å². The Bertz CT molecular complexity index is 803. The molecule has 0 fully saturated rings. The normalized spacial score (nSPS) is 11.9. The van der Waals surface area contributed by atoms with Gasteiger partial charge in [0.1, 0.15) is 11.9 Å². The van der Waals surface area contributed by atoms with Crippen LogP contribution in [-0.2, 0) is 22.6 Å². The zero-order valence-electron chi connectivity index (χ0n) is 17.0. The van der Waals surface area contributed by atoms with E-state index in [0.29, 0.717) is 19.0 Å². The van der Waals surface area contributed by atoms with E-state index >= 15 is 0 Å². The first-order valence-corrected chi connectivity index (χ1v) is 9.64. The highest BCUT2D eigenvalue weighted by molar-refractivity contribution is 5.88. The van der Waals surface area contributed by atoms with Crippen LogP contribution in [0, 0.1) is 18.7 Å². The van der Waals surface area contributed by atoms with Gasteiger partial charge in [0.2, 0.25) is 11.8 Å². The Kier molecular flexibility index (Phi) is 7.73. The molecule has 0 spiro atoms. The van der Waals surface area contributed by atoms with Gasteiger partial charge < -0.3 is 10.2 Å². The van der Waals surface area contributed by atoms with Crippen LogP contribution in [0.2, 0.25) is 0 Å². The van der Waals surface area contributed by atoms with E-state index < -0.39 is 6.04 Å². The quantitative estimate of drug-likeness (QED) is 0.751. The maximum atomic E-state index is 13.2. The van der Waals surface area contributed by atoms with Gasteiger partial charge in [0.15, 0.2) is 0 Å². The lowest BCUT2D eigenvalue weighted by Crippen LogP contribution is -2.48. The van der Waals surface area contributed by atoms with Crippen LogP contribution in [0.25, 0.3) is 0 Å². The number of halogens is 1. The van der Waals surface area contributed by atoms with E-state index in [2.05, 4.69) is 5.32 Å². The van der Waals surface area contributed by atoms with Crippen molar-refractivity contribution in [1.82, 2.24) is 10.2 Å². The van der Waals surface area contributed by atoms with E-state index in [9.17, 15) is 14.0 Å². The highest BCUT2D eigenvalue weighted by Crippen LogP contribution is 2.15. The molecule has 2 rings (SSSR count). The zero-order chi connectivity index (χ0) is 20.7. The molecule has 1 atom stereocenters. The van der Waals surface area contributed by atoms with Crippen molar-refractivity contribution in [2.45, 2.75) is 46.7 Å². The van der Waals surface area contributed by atoms with Crippen LogP contribution in [0.5, 0.6) is 0 Å². The fourth-order valence-electron chi connectivity index (χ4n) is 2.88. The summed E-state index contributed by atoms with van der Waals surface area (Å²) in [6, 6.07) is 13.1. The van der Waals surface area contributed by atoms with Crippen LogP contribution in [0.1, 0.15) is 37.5 Å². The van der Waals surface area contributed by atoms with Crippen LogP contribution < -0.4 is 5.32 Å². The Balaban J connectivity index is 2.21. The second-order valence-corrected chi connectivity index (χ2v) is 7.57. The number of carbonyl (C=O) groups excluding carboxylic acids is 2. The second-order valence-electron chi connectivity index (χ2n) is 7.57. The zero-order valence-corrected chi connectivity index (χ0v) is 17.0. The Labute approximate surface area is 166 Å². The third-order valence-electron chi connectivity index (χ3n) is 4.72. The molecule has 0 saturated heterocycles. The maximum Gasteiger partial charge on any atom is 0.242 e. The average molecular weight is 384 g/mol. The first kappa shape index (κ1) is 21.6. The summed E-state index contributed by atoms with van der Waals surface area (Å²) in [5.74, 6) is -0.345. The van der Waals surface area contributed by atoms with Gasteiger partial charge in [-0.05, 0) is 48.6 Å². The molecule has 0 unspecified atom stereocenters. The summed E-state index contributed by atoms with van der Waals surface area (Å²) < 4.78 is 13.2. The molecule has 0 saturated carbocycles. The Morgan fingerprint density at radius 1 is 1.04 bits per heavy atom. The highest BCUT2D eigenvalue weighted by Gasteiger charge is 2.26. The molecule has 150 valence electrons. The van der Waals surface area contributed by atoms with Crippen molar-refractivity contribution in [3.8, 4) is 0 Å². The minimum Gasteiger partial charge on any atom is -0.354 e. The average Bonchev–Trinajstić information content (AvgIpc) is 2.66. The predicted molar refractivity (Wildman–Crippen MR) is 109 cm³/mol. The molecule has 0 heterocycles. The molecule has 28 heavy (non-hydrogen) atoms. The van der Waals surface area contributed by atoms with Gasteiger partial charge >= 0.3 is 0 Å². The lowest BCUT2D eigenvalue weighted by Gasteiger charge is -2.29. The summed E-state index contributed by atoms with van der Waals surface area (Å²) in [5, 5.41) is 2.91. The summed E-state index contributed by atoms with van der Waals surface area (Å²) in [7, 11) is 0. The Hall–Kier alpha value is -2.69. The summed E-state index contributed by atoms with van der Waals surface area (Å²) in [5.41, 5.74) is 2.78. The van der Waals surface area contributed by atoms with Gasteiger partial charge in [0.25, 0.3) is 0 Å². The number of benzene rings is 2. The fraction of sp³-hybridized carbons (Fsp3) is 0.391. The van der Waals surface area contributed by atoms with Gasteiger partial charge in [0, 0.05) is 13.1 Å². The molecule has 1 N–H and O–H groups in total. The molecule has 0 aliphatic rings. The molecule has 0 bridgehead atoms. The number of hydrogen-bond donors (Lipinski definition) is 1. The predicted octanol–water partition coefficient (Wildman–Crippen LogP) is 3.87. The molecule has 0 aliphatic heterocycles. The number of carbonyl (C=O) groups is 2. The molecular weight excluding hydrogens is 355 g/mol. The largest absolute Gasteiger partial charge is 0.354 e. The van der Waals surface area contributed by atoms with Gasteiger partial charge in [-0.1, -0.05) is 50.2 Å². The van der Waals surface area contributed by atoms with E-state index in [4.69, 9.17) is 0 Å². The van der Waals surface area contributed by atoms with E-state index in [1.807, 2.05) is 45.0 Å². The van der Waals surface area contributed by atoms with Crippen LogP contribution in [0.4, 0.5) is 4.39 Å². The SMILES string of the molecule is Cc1ccccc1CN(C(=O)Cc1ccc(F)cc1)[C@H](C)C(=O)NCC(C)C. The highest BCUT2D eigenvalue weighted by atomic mass is 19.1. The number of amides is 2. The maximum absolute atomic E-state index is 13.2. The summed E-state index contributed by atoms with van der Waals surface area (Å²) >= 11 is 0. The number of nitrogens with zero attached hydrogens (tertiary/aromatic N) is 1. The van der Waals surface area contributed by atoms with Gasteiger partial charge in [-0.15, -0.1) is 0 Å². The lowest BCUT2D eigenvalue weighted by molar-refractivity contribution is -0.140. The number of nitrogens with one attached hydrogen (secondary N) is 1. The van der Waals surface area contributed by atoms with Crippen molar-refractivity contribution in [1.29, 1.82) is 0 Å². The third-order valence-corrected chi connectivity index (χ3v) is 4.72. The molecule has 4 nitrogen and oxygen atoms in total. The molecule has 5 heteroatoms. The monoisotopic (exact) mass is 384 g/mol. The first-order valence-electron chi connectivity index (χ1n) is 9.64. The van der Waals surface area contributed by atoms with Gasteiger partial charge in [-0.25, -0.2) is 4.39 Å². The minimum absolute atomic E-state index is 0.119. The number of rotatable bonds is 8. The van der Waals surface area contributed by atoms with Crippen molar-refractivity contribution < 1.29 is 14.0 Å². The van der Waals surface area contributed by atoms with E-state index in [1.165, 1.54) is 12.1 Å². The topological polar surface area (TPSA) is 49.4 Å². The van der Waals surface area contributed by atoms with Crippen LogP contribution in [0.15, 0.2) is 48.5 Å². The molecule has 2 aromatic carbocycles. The third kappa shape index (κ3) is 6.19. The van der Waals surface area contributed by atoms with Gasteiger partial charge in [-0.2, -0.15) is 0 Å². The molecule has 0 aliphatic carbocycles. The van der Waals surface area contributed by atoms with Crippen LogP contribution in [0.3, 0.4) is 0 Å². The smallest absolute Gasteiger partial charge is 0.242 e. The number of hydrogen-bond acceptors (Lipinski definition) is 2. The molecule has 2 amide bonds. The minimum atomic E-state index is -0.605. The molecule has 0 aromatic heterocycles. The Morgan fingerprint density at radius 2 is 1.68 bits per heavy atom. The van der Waals surface area contributed by atoms with Gasteiger partial charge in [0.05, 0.1) is 6.42 Å².